The van der Waals surface area contributed by atoms with Gasteiger partial charge in [-0.2, -0.15) is 0 Å². The molecule has 0 aromatic carbocycles. The van der Waals surface area contributed by atoms with Crippen molar-refractivity contribution >= 4 is 12.1 Å². The first-order valence-corrected chi connectivity index (χ1v) is 4.60. The number of carboxylic acids is 1. The number of unbranched alkanes of at least 4 members (excludes halogenated alkanes) is 1. The summed E-state index contributed by atoms with van der Waals surface area (Å²) in [6.07, 6.45) is 1.88. The van der Waals surface area contributed by atoms with Crippen LogP contribution in [-0.2, 0) is 24.3 Å². The molecule has 0 amide bonds. The summed E-state index contributed by atoms with van der Waals surface area (Å²) >= 11 is 0. The van der Waals surface area contributed by atoms with Crippen LogP contribution in [0.5, 0.6) is 0 Å². The topological polar surface area (TPSA) is 94.8 Å². The Morgan fingerprint density at radius 1 is 1.13 bits per heavy atom. The Hall–Kier alpha value is -0.637. The van der Waals surface area contributed by atoms with E-state index in [1.807, 2.05) is 6.92 Å². The number of carboxylic acid groups (broad SMARTS) is 3. The minimum absolute atomic E-state index is 0. The summed E-state index contributed by atoms with van der Waals surface area (Å²) in [7, 11) is 0. The van der Waals surface area contributed by atoms with Gasteiger partial charge in [-0.05, 0) is 12.8 Å². The van der Waals surface area contributed by atoms with Gasteiger partial charge in [0.15, 0.2) is 0 Å². The molecule has 0 radical (unpaired) electrons. The van der Waals surface area contributed by atoms with Crippen LogP contribution < -0.4 is 0 Å². The molecule has 0 aromatic rings. The molecule has 6 heteroatoms. The standard InChI is InChI=1S/C8H16O2.CH2O3.Zn/c1-3-5-6-7(4-2)8(9)10;2-1(3)4;/h7H,3-6H2,1-2H3,(H,9,10);(H2,2,3,4);. The monoisotopic (exact) mass is 270 g/mol. The molecule has 0 saturated heterocycles. The molecular formula is C9H18O5Zn. The van der Waals surface area contributed by atoms with Gasteiger partial charge in [-0.1, -0.05) is 26.7 Å². The Morgan fingerprint density at radius 3 is 1.73 bits per heavy atom. The molecule has 5 nitrogen and oxygen atoms in total. The molecule has 0 rings (SSSR count). The molecule has 0 bridgehead atoms. The number of hydrogen-bond donors (Lipinski definition) is 3. The van der Waals surface area contributed by atoms with E-state index >= 15 is 0 Å². The van der Waals surface area contributed by atoms with Crippen molar-refractivity contribution in [3.05, 3.63) is 0 Å². The maximum absolute atomic E-state index is 10.4. The van der Waals surface area contributed by atoms with Crippen LogP contribution in [0.4, 0.5) is 4.79 Å². The average Bonchev–Trinajstić information content (AvgIpc) is 2.04. The van der Waals surface area contributed by atoms with Gasteiger partial charge < -0.3 is 15.3 Å². The van der Waals surface area contributed by atoms with Crippen molar-refractivity contribution in [1.29, 1.82) is 0 Å². The van der Waals surface area contributed by atoms with Gasteiger partial charge in [0.1, 0.15) is 0 Å². The van der Waals surface area contributed by atoms with Crippen molar-refractivity contribution in [3.63, 3.8) is 0 Å². The van der Waals surface area contributed by atoms with Gasteiger partial charge >= 0.3 is 12.1 Å². The molecule has 0 aliphatic rings. The molecule has 0 fully saturated rings. The van der Waals surface area contributed by atoms with Crippen molar-refractivity contribution in [2.24, 2.45) is 5.92 Å². The molecule has 0 aromatic heterocycles. The zero-order valence-corrected chi connectivity index (χ0v) is 12.2. The minimum Gasteiger partial charge on any atom is -0.481 e. The Kier molecular flexibility index (Phi) is 17.7. The van der Waals surface area contributed by atoms with E-state index in [4.69, 9.17) is 20.1 Å². The van der Waals surface area contributed by atoms with E-state index in [2.05, 4.69) is 6.92 Å². The van der Waals surface area contributed by atoms with Gasteiger partial charge in [-0.15, -0.1) is 0 Å². The zero-order chi connectivity index (χ0) is 11.6. The third kappa shape index (κ3) is 19.7. The van der Waals surface area contributed by atoms with Crippen LogP contribution in [0, 0.1) is 5.92 Å². The van der Waals surface area contributed by atoms with Crippen LogP contribution in [0.3, 0.4) is 0 Å². The van der Waals surface area contributed by atoms with E-state index in [9.17, 15) is 4.79 Å². The molecule has 3 N–H and O–H groups in total. The second-order valence-electron chi connectivity index (χ2n) is 2.87. The first-order chi connectivity index (χ1) is 6.45. The zero-order valence-electron chi connectivity index (χ0n) is 9.27. The van der Waals surface area contributed by atoms with E-state index in [-0.39, 0.29) is 25.4 Å². The Bertz CT molecular complexity index is 168. The van der Waals surface area contributed by atoms with E-state index in [1.54, 1.807) is 0 Å². The molecule has 1 atom stereocenters. The van der Waals surface area contributed by atoms with E-state index in [0.29, 0.717) is 0 Å². The van der Waals surface area contributed by atoms with Crippen molar-refractivity contribution in [2.45, 2.75) is 39.5 Å². The molecule has 86 valence electrons. The number of rotatable bonds is 5. The Balaban J connectivity index is -0.000000249. The van der Waals surface area contributed by atoms with Gasteiger partial charge in [-0.3, -0.25) is 4.79 Å². The predicted octanol–water partition coefficient (Wildman–Crippen LogP) is 2.51. The molecule has 15 heavy (non-hydrogen) atoms. The summed E-state index contributed by atoms with van der Waals surface area (Å²) in [5.74, 6) is -0.754. The van der Waals surface area contributed by atoms with Crippen LogP contribution in [-0.4, -0.2) is 27.4 Å². The fourth-order valence-electron chi connectivity index (χ4n) is 0.953. The summed E-state index contributed by atoms with van der Waals surface area (Å²) in [6, 6.07) is 0. The number of aliphatic carboxylic acids is 1. The van der Waals surface area contributed by atoms with E-state index in [0.717, 1.165) is 25.7 Å². The summed E-state index contributed by atoms with van der Waals surface area (Å²) < 4.78 is 0. The fourth-order valence-corrected chi connectivity index (χ4v) is 0.953. The number of hydrogen-bond acceptors (Lipinski definition) is 2. The average molecular weight is 272 g/mol. The maximum atomic E-state index is 10.4. The largest absolute Gasteiger partial charge is 0.503 e. The summed E-state index contributed by atoms with van der Waals surface area (Å²) in [4.78, 5) is 19.0. The molecule has 0 aliphatic heterocycles. The summed E-state index contributed by atoms with van der Waals surface area (Å²) in [5, 5.41) is 22.5. The van der Waals surface area contributed by atoms with Gasteiger partial charge in [0.25, 0.3) is 0 Å². The van der Waals surface area contributed by atoms with Crippen molar-refractivity contribution in [1.82, 2.24) is 0 Å². The normalized spacial score (nSPS) is 10.3. The molecule has 1 unspecified atom stereocenters. The molecule has 0 heterocycles. The predicted molar refractivity (Wildman–Crippen MR) is 51.6 cm³/mol. The maximum Gasteiger partial charge on any atom is 0.503 e. The number of carbonyl (C=O) groups is 2. The third-order valence-corrected chi connectivity index (χ3v) is 1.75. The molecule has 0 saturated carbocycles. The smallest absolute Gasteiger partial charge is 0.481 e. The van der Waals surface area contributed by atoms with Gasteiger partial charge in [0.05, 0.1) is 5.92 Å². The van der Waals surface area contributed by atoms with Crippen molar-refractivity contribution in [2.75, 3.05) is 0 Å². The summed E-state index contributed by atoms with van der Waals surface area (Å²) in [5.41, 5.74) is 0. The Morgan fingerprint density at radius 2 is 1.53 bits per heavy atom. The van der Waals surface area contributed by atoms with E-state index in [1.165, 1.54) is 0 Å². The van der Waals surface area contributed by atoms with Crippen molar-refractivity contribution < 1.29 is 44.4 Å². The van der Waals surface area contributed by atoms with Gasteiger partial charge in [-0.25, -0.2) is 4.79 Å². The molecular weight excluding hydrogens is 253 g/mol. The van der Waals surface area contributed by atoms with Gasteiger partial charge in [0.2, 0.25) is 0 Å². The minimum atomic E-state index is -1.83. The second kappa shape index (κ2) is 13.4. The first kappa shape index (κ1) is 19.9. The Labute approximate surface area is 102 Å². The van der Waals surface area contributed by atoms with Crippen LogP contribution in [0.15, 0.2) is 0 Å². The van der Waals surface area contributed by atoms with Crippen LogP contribution in [0.2, 0.25) is 0 Å². The van der Waals surface area contributed by atoms with Gasteiger partial charge in [0, 0.05) is 19.5 Å². The SMILES string of the molecule is CCCCC(CC)C(=O)O.O=C(O)O.[Zn]. The first-order valence-electron chi connectivity index (χ1n) is 4.60. The quantitative estimate of drug-likeness (QED) is 0.668. The van der Waals surface area contributed by atoms with E-state index < -0.39 is 12.1 Å². The van der Waals surface area contributed by atoms with Crippen LogP contribution in [0.25, 0.3) is 0 Å². The second-order valence-corrected chi connectivity index (χ2v) is 2.87. The molecule has 0 spiro atoms. The third-order valence-electron chi connectivity index (χ3n) is 1.75. The van der Waals surface area contributed by atoms with Crippen LogP contribution >= 0.6 is 0 Å². The summed E-state index contributed by atoms with van der Waals surface area (Å²) in [6.45, 7) is 4.00. The van der Waals surface area contributed by atoms with Crippen molar-refractivity contribution in [3.8, 4) is 0 Å². The molecule has 0 aliphatic carbocycles. The van der Waals surface area contributed by atoms with Crippen LogP contribution in [0.1, 0.15) is 39.5 Å². The fraction of sp³-hybridized carbons (Fsp3) is 0.778.